The highest BCUT2D eigenvalue weighted by atomic mass is 16.1. The highest BCUT2D eigenvalue weighted by Crippen LogP contribution is 2.16. The van der Waals surface area contributed by atoms with E-state index in [1.54, 1.807) is 0 Å². The Labute approximate surface area is 105 Å². The van der Waals surface area contributed by atoms with Crippen LogP contribution in [0.1, 0.15) is 33.6 Å². The molecule has 0 aliphatic carbocycles. The molecule has 0 aromatic heterocycles. The summed E-state index contributed by atoms with van der Waals surface area (Å²) in [4.78, 5) is 14.4. The third-order valence-electron chi connectivity index (χ3n) is 3.81. The summed E-state index contributed by atoms with van der Waals surface area (Å²) in [5.74, 6) is 0.378. The van der Waals surface area contributed by atoms with E-state index in [-0.39, 0.29) is 11.8 Å². The van der Waals surface area contributed by atoms with E-state index < -0.39 is 0 Å². The Morgan fingerprint density at radius 2 is 2.24 bits per heavy atom. The molecule has 1 rings (SSSR count). The second kappa shape index (κ2) is 6.97. The number of likely N-dealkylation sites (N-methyl/N-ethyl adjacent to an activating group) is 1. The van der Waals surface area contributed by atoms with Gasteiger partial charge in [0.1, 0.15) is 0 Å². The molecule has 1 saturated heterocycles. The van der Waals surface area contributed by atoms with Crippen LogP contribution in [0.25, 0.3) is 0 Å². The summed E-state index contributed by atoms with van der Waals surface area (Å²) in [7, 11) is 0. The number of hydrogen-bond acceptors (Lipinski definition) is 3. The number of carbonyl (C=O) groups is 1. The van der Waals surface area contributed by atoms with Gasteiger partial charge in [-0.05, 0) is 31.8 Å². The average Bonchev–Trinajstić information content (AvgIpc) is 2.74. The van der Waals surface area contributed by atoms with E-state index in [1.807, 2.05) is 13.8 Å². The minimum atomic E-state index is -0.0496. The van der Waals surface area contributed by atoms with Gasteiger partial charge in [0.25, 0.3) is 0 Å². The van der Waals surface area contributed by atoms with E-state index in [9.17, 15) is 4.79 Å². The summed E-state index contributed by atoms with van der Waals surface area (Å²) in [5, 5.41) is 3.06. The third kappa shape index (κ3) is 3.96. The molecule has 4 heteroatoms. The van der Waals surface area contributed by atoms with Gasteiger partial charge < -0.3 is 11.1 Å². The molecule has 4 nitrogen and oxygen atoms in total. The van der Waals surface area contributed by atoms with Gasteiger partial charge in [-0.3, -0.25) is 9.69 Å². The first-order valence-electron chi connectivity index (χ1n) is 6.82. The molecule has 0 aromatic rings. The molecular weight excluding hydrogens is 214 g/mol. The van der Waals surface area contributed by atoms with Crippen molar-refractivity contribution in [3.8, 4) is 0 Å². The van der Waals surface area contributed by atoms with Gasteiger partial charge in [-0.2, -0.15) is 0 Å². The molecule has 1 aliphatic heterocycles. The molecule has 100 valence electrons. The van der Waals surface area contributed by atoms with Crippen molar-refractivity contribution in [3.63, 3.8) is 0 Å². The van der Waals surface area contributed by atoms with E-state index in [0.717, 1.165) is 13.1 Å². The molecule has 1 heterocycles. The zero-order chi connectivity index (χ0) is 12.8. The number of carbonyl (C=O) groups excluding carboxylic acids is 1. The van der Waals surface area contributed by atoms with Crippen LogP contribution in [0.5, 0.6) is 0 Å². The third-order valence-corrected chi connectivity index (χ3v) is 3.81. The van der Waals surface area contributed by atoms with Gasteiger partial charge in [0.2, 0.25) is 5.91 Å². The molecule has 0 saturated carbocycles. The molecule has 0 radical (unpaired) electrons. The Kier molecular flexibility index (Phi) is 5.92. The van der Waals surface area contributed by atoms with Gasteiger partial charge in [0, 0.05) is 19.1 Å². The van der Waals surface area contributed by atoms with Crippen LogP contribution in [-0.2, 0) is 4.79 Å². The monoisotopic (exact) mass is 241 g/mol. The van der Waals surface area contributed by atoms with E-state index in [2.05, 4.69) is 17.1 Å². The molecule has 1 aliphatic rings. The summed E-state index contributed by atoms with van der Waals surface area (Å²) in [6.07, 6.45) is 2.45. The van der Waals surface area contributed by atoms with Gasteiger partial charge in [0.05, 0.1) is 5.92 Å². The van der Waals surface area contributed by atoms with E-state index >= 15 is 0 Å². The summed E-state index contributed by atoms with van der Waals surface area (Å²) in [6, 6.07) is 0.523. The van der Waals surface area contributed by atoms with Crippen LogP contribution in [-0.4, -0.2) is 43.0 Å². The number of hydrogen-bond donors (Lipinski definition) is 2. The lowest BCUT2D eigenvalue weighted by atomic mass is 9.95. The SMILES string of the molecule is CCN1CCCC1CNC(=O)C(CN)C(C)C. The normalized spacial score (nSPS) is 23.0. The zero-order valence-electron chi connectivity index (χ0n) is 11.4. The molecule has 2 atom stereocenters. The predicted molar refractivity (Wildman–Crippen MR) is 70.7 cm³/mol. The summed E-state index contributed by atoms with van der Waals surface area (Å²) < 4.78 is 0. The topological polar surface area (TPSA) is 58.4 Å². The molecule has 0 aromatic carbocycles. The minimum absolute atomic E-state index is 0.0496. The molecule has 1 amide bonds. The van der Waals surface area contributed by atoms with Crippen LogP contribution < -0.4 is 11.1 Å². The first kappa shape index (κ1) is 14.5. The minimum Gasteiger partial charge on any atom is -0.354 e. The predicted octanol–water partition coefficient (Wildman–Crippen LogP) is 0.818. The molecule has 1 fully saturated rings. The fourth-order valence-electron chi connectivity index (χ4n) is 2.57. The van der Waals surface area contributed by atoms with Crippen LogP contribution >= 0.6 is 0 Å². The fraction of sp³-hybridized carbons (Fsp3) is 0.923. The lowest BCUT2D eigenvalue weighted by molar-refractivity contribution is -0.126. The average molecular weight is 241 g/mol. The van der Waals surface area contributed by atoms with Crippen molar-refractivity contribution >= 4 is 5.91 Å². The largest absolute Gasteiger partial charge is 0.354 e. The number of nitrogens with one attached hydrogen (secondary N) is 1. The Bertz CT molecular complexity index is 243. The second-order valence-electron chi connectivity index (χ2n) is 5.26. The Hall–Kier alpha value is -0.610. The highest BCUT2D eigenvalue weighted by molar-refractivity contribution is 5.79. The number of likely N-dealkylation sites (tertiary alicyclic amines) is 1. The van der Waals surface area contributed by atoms with Crippen molar-refractivity contribution in [2.45, 2.75) is 39.7 Å². The molecule has 17 heavy (non-hydrogen) atoms. The quantitative estimate of drug-likeness (QED) is 0.724. The number of nitrogens with two attached hydrogens (primary N) is 1. The fourth-order valence-corrected chi connectivity index (χ4v) is 2.57. The highest BCUT2D eigenvalue weighted by Gasteiger charge is 2.25. The van der Waals surface area contributed by atoms with Gasteiger partial charge >= 0.3 is 0 Å². The molecule has 2 unspecified atom stereocenters. The standard InChI is InChI=1S/C13H27N3O/c1-4-16-7-5-6-11(16)9-15-13(17)12(8-14)10(2)3/h10-12H,4-9,14H2,1-3H3,(H,15,17). The summed E-state index contributed by atoms with van der Waals surface area (Å²) in [6.45, 7) is 9.72. The van der Waals surface area contributed by atoms with Crippen molar-refractivity contribution in [2.75, 3.05) is 26.2 Å². The summed E-state index contributed by atoms with van der Waals surface area (Å²) >= 11 is 0. The van der Waals surface area contributed by atoms with Crippen LogP contribution in [0.2, 0.25) is 0 Å². The van der Waals surface area contributed by atoms with Crippen molar-refractivity contribution in [3.05, 3.63) is 0 Å². The first-order valence-corrected chi connectivity index (χ1v) is 6.82. The van der Waals surface area contributed by atoms with E-state index in [1.165, 1.54) is 19.4 Å². The van der Waals surface area contributed by atoms with Crippen molar-refractivity contribution in [1.82, 2.24) is 10.2 Å². The number of rotatable bonds is 6. The molecule has 3 N–H and O–H groups in total. The number of amides is 1. The van der Waals surface area contributed by atoms with Gasteiger partial charge in [-0.25, -0.2) is 0 Å². The van der Waals surface area contributed by atoms with Crippen molar-refractivity contribution < 1.29 is 4.79 Å². The second-order valence-corrected chi connectivity index (χ2v) is 5.26. The summed E-state index contributed by atoms with van der Waals surface area (Å²) in [5.41, 5.74) is 5.64. The van der Waals surface area contributed by atoms with E-state index in [4.69, 9.17) is 5.73 Å². The Morgan fingerprint density at radius 3 is 2.76 bits per heavy atom. The van der Waals surface area contributed by atoms with Crippen LogP contribution in [0.4, 0.5) is 0 Å². The van der Waals surface area contributed by atoms with Crippen LogP contribution in [0.15, 0.2) is 0 Å². The van der Waals surface area contributed by atoms with Gasteiger partial charge in [-0.15, -0.1) is 0 Å². The smallest absolute Gasteiger partial charge is 0.224 e. The van der Waals surface area contributed by atoms with Crippen molar-refractivity contribution in [1.29, 1.82) is 0 Å². The maximum Gasteiger partial charge on any atom is 0.224 e. The van der Waals surface area contributed by atoms with Crippen LogP contribution in [0.3, 0.4) is 0 Å². The zero-order valence-corrected chi connectivity index (χ0v) is 11.4. The van der Waals surface area contributed by atoms with E-state index in [0.29, 0.717) is 18.5 Å². The molecular formula is C13H27N3O. The van der Waals surface area contributed by atoms with Gasteiger partial charge in [-0.1, -0.05) is 20.8 Å². The maximum atomic E-state index is 12.0. The van der Waals surface area contributed by atoms with Crippen molar-refractivity contribution in [2.24, 2.45) is 17.6 Å². The number of nitrogens with zero attached hydrogens (tertiary/aromatic N) is 1. The molecule has 0 spiro atoms. The van der Waals surface area contributed by atoms with Gasteiger partial charge in [0.15, 0.2) is 0 Å². The lowest BCUT2D eigenvalue weighted by Gasteiger charge is -2.25. The lowest BCUT2D eigenvalue weighted by Crippen LogP contribution is -2.44. The Balaban J connectivity index is 2.36. The maximum absolute atomic E-state index is 12.0. The first-order chi connectivity index (χ1) is 8.10. The van der Waals surface area contributed by atoms with Crippen LogP contribution in [0, 0.1) is 11.8 Å². The molecule has 0 bridgehead atoms. The Morgan fingerprint density at radius 1 is 1.53 bits per heavy atom.